The van der Waals surface area contributed by atoms with Gasteiger partial charge in [0.05, 0.1) is 0 Å². The molecule has 23 heavy (non-hydrogen) atoms. The van der Waals surface area contributed by atoms with E-state index >= 15 is 0 Å². The molecule has 2 aromatic rings. The molecule has 0 unspecified atom stereocenters. The predicted octanol–water partition coefficient (Wildman–Crippen LogP) is 5.43. The lowest BCUT2D eigenvalue weighted by molar-refractivity contribution is -0.120. The summed E-state index contributed by atoms with van der Waals surface area (Å²) in [4.78, 5) is 10.9. The molecule has 0 spiro atoms. The monoisotopic (exact) mass is 313 g/mol. The molecular weight excluding hydrogens is 282 g/mol. The average molecular weight is 313 g/mol. The van der Waals surface area contributed by atoms with Crippen molar-refractivity contribution in [2.24, 2.45) is 0 Å². The number of hydrogen-bond acceptors (Lipinski definition) is 1. The van der Waals surface area contributed by atoms with Gasteiger partial charge in [0, 0.05) is 13.0 Å². The summed E-state index contributed by atoms with van der Waals surface area (Å²) in [5.41, 5.74) is 3.80. The van der Waals surface area contributed by atoms with Gasteiger partial charge >= 0.3 is 0 Å². The Bertz CT molecular complexity index is 496. The maximum atomic E-state index is 10.9. The molecule has 0 heterocycles. The van der Waals surface area contributed by atoms with E-state index in [1.165, 1.54) is 17.5 Å². The first-order chi connectivity index (χ1) is 11.0. The van der Waals surface area contributed by atoms with Gasteiger partial charge in [-0.3, -0.25) is 4.79 Å². The van der Waals surface area contributed by atoms with E-state index in [1.54, 1.807) is 0 Å². The second-order valence-electron chi connectivity index (χ2n) is 5.48. The van der Waals surface area contributed by atoms with E-state index in [9.17, 15) is 4.79 Å². The second-order valence-corrected chi connectivity index (χ2v) is 5.48. The largest absolute Gasteiger partial charge is 0.352 e. The molecule has 0 fully saturated rings. The van der Waals surface area contributed by atoms with Crippen LogP contribution in [0.4, 0.5) is 0 Å². The van der Waals surface area contributed by atoms with E-state index in [0.29, 0.717) is 13.0 Å². The summed E-state index contributed by atoms with van der Waals surface area (Å²) in [5.74, 6) is 0.0962. The van der Waals surface area contributed by atoms with Crippen molar-refractivity contribution in [2.45, 2.75) is 54.0 Å². The highest BCUT2D eigenvalue weighted by atomic mass is 16.1. The molecule has 0 aromatic heterocycles. The summed E-state index contributed by atoms with van der Waals surface area (Å²) in [6.45, 7) is 10.9. The van der Waals surface area contributed by atoms with E-state index in [-0.39, 0.29) is 5.91 Å². The van der Waals surface area contributed by atoms with Crippen molar-refractivity contribution in [1.82, 2.24) is 5.32 Å². The fourth-order valence-electron chi connectivity index (χ4n) is 1.56. The molecule has 0 atom stereocenters. The molecule has 2 rings (SSSR count). The molecule has 0 radical (unpaired) electrons. The number of aryl methyl sites for hydroxylation is 2. The number of rotatable bonds is 3. The smallest absolute Gasteiger partial charge is 0.219 e. The van der Waals surface area contributed by atoms with Crippen molar-refractivity contribution in [1.29, 1.82) is 0 Å². The molecule has 126 valence electrons. The van der Waals surface area contributed by atoms with Crippen LogP contribution in [0, 0.1) is 13.8 Å². The van der Waals surface area contributed by atoms with Crippen molar-refractivity contribution in [3.63, 3.8) is 0 Å². The Morgan fingerprint density at radius 3 is 1.65 bits per heavy atom. The van der Waals surface area contributed by atoms with Crippen LogP contribution in [0.15, 0.2) is 54.6 Å². The van der Waals surface area contributed by atoms with E-state index in [4.69, 9.17) is 0 Å². The summed E-state index contributed by atoms with van der Waals surface area (Å²) < 4.78 is 0. The fraction of sp³-hybridized carbons (Fsp3) is 0.381. The van der Waals surface area contributed by atoms with Gasteiger partial charge in [0.1, 0.15) is 0 Å². The van der Waals surface area contributed by atoms with Gasteiger partial charge in [-0.1, -0.05) is 92.9 Å². The van der Waals surface area contributed by atoms with Gasteiger partial charge in [-0.05, 0) is 19.4 Å². The SMILES string of the molecule is CCC.CCC(=O)NCc1ccccc1.Cc1ccc(C)cc1. The van der Waals surface area contributed by atoms with Gasteiger partial charge in [-0.25, -0.2) is 0 Å². The van der Waals surface area contributed by atoms with Gasteiger partial charge in [0.15, 0.2) is 0 Å². The molecule has 2 nitrogen and oxygen atoms in total. The lowest BCUT2D eigenvalue weighted by Gasteiger charge is -2.02. The van der Waals surface area contributed by atoms with Gasteiger partial charge < -0.3 is 5.32 Å². The Hall–Kier alpha value is -2.09. The van der Waals surface area contributed by atoms with Crippen molar-refractivity contribution >= 4 is 5.91 Å². The first-order valence-corrected chi connectivity index (χ1v) is 8.37. The van der Waals surface area contributed by atoms with Crippen LogP contribution in [0.25, 0.3) is 0 Å². The molecular formula is C21H31NO. The molecule has 1 N–H and O–H groups in total. The number of nitrogens with one attached hydrogen (secondary N) is 1. The number of carbonyl (C=O) groups is 1. The summed E-state index contributed by atoms with van der Waals surface area (Å²) in [6.07, 6.45) is 1.80. The average Bonchev–Trinajstić information content (AvgIpc) is 2.57. The number of amides is 1. The quantitative estimate of drug-likeness (QED) is 0.804. The van der Waals surface area contributed by atoms with Crippen LogP contribution in [-0.4, -0.2) is 5.91 Å². The maximum Gasteiger partial charge on any atom is 0.219 e. The lowest BCUT2D eigenvalue weighted by atomic mass is 10.2. The fourth-order valence-corrected chi connectivity index (χ4v) is 1.56. The van der Waals surface area contributed by atoms with E-state index in [2.05, 4.69) is 57.3 Å². The number of benzene rings is 2. The highest BCUT2D eigenvalue weighted by Crippen LogP contribution is 1.99. The Morgan fingerprint density at radius 1 is 0.826 bits per heavy atom. The van der Waals surface area contributed by atoms with E-state index in [1.807, 2.05) is 37.3 Å². The molecule has 2 heteroatoms. The molecule has 0 aliphatic heterocycles. The first kappa shape index (κ1) is 20.9. The van der Waals surface area contributed by atoms with Gasteiger partial charge in [0.2, 0.25) is 5.91 Å². The Kier molecular flexibility index (Phi) is 12.3. The lowest BCUT2D eigenvalue weighted by Crippen LogP contribution is -2.21. The molecule has 0 aliphatic rings. The molecule has 0 saturated heterocycles. The zero-order valence-electron chi connectivity index (χ0n) is 15.2. The van der Waals surface area contributed by atoms with Crippen molar-refractivity contribution in [2.75, 3.05) is 0 Å². The van der Waals surface area contributed by atoms with Crippen LogP contribution in [0.1, 0.15) is 50.3 Å². The topological polar surface area (TPSA) is 29.1 Å². The van der Waals surface area contributed by atoms with Crippen molar-refractivity contribution in [3.8, 4) is 0 Å². The van der Waals surface area contributed by atoms with Gasteiger partial charge in [0.25, 0.3) is 0 Å². The Morgan fingerprint density at radius 2 is 1.26 bits per heavy atom. The minimum Gasteiger partial charge on any atom is -0.352 e. The second kappa shape index (κ2) is 13.6. The zero-order valence-corrected chi connectivity index (χ0v) is 15.2. The summed E-state index contributed by atoms with van der Waals surface area (Å²) in [5, 5.41) is 2.81. The standard InChI is InChI=1S/C10H13NO.C8H10.C3H8/c1-2-10(12)11-8-9-6-4-3-5-7-9;1-7-3-5-8(2)6-4-7;1-3-2/h3-7H,2,8H2,1H3,(H,11,12);3-6H,1-2H3;3H2,1-2H3. The molecule has 0 bridgehead atoms. The van der Waals surface area contributed by atoms with Crippen LogP contribution >= 0.6 is 0 Å². The van der Waals surface area contributed by atoms with Crippen LogP contribution in [0.3, 0.4) is 0 Å². The maximum absolute atomic E-state index is 10.9. The molecule has 0 saturated carbocycles. The minimum atomic E-state index is 0.0962. The van der Waals surface area contributed by atoms with Crippen LogP contribution in [-0.2, 0) is 11.3 Å². The third kappa shape index (κ3) is 12.2. The Labute approximate surface area is 141 Å². The highest BCUT2D eigenvalue weighted by Gasteiger charge is 1.95. The molecule has 2 aromatic carbocycles. The first-order valence-electron chi connectivity index (χ1n) is 8.37. The summed E-state index contributed by atoms with van der Waals surface area (Å²) in [6, 6.07) is 18.4. The normalized spacial score (nSPS) is 8.91. The third-order valence-corrected chi connectivity index (χ3v) is 2.87. The van der Waals surface area contributed by atoms with E-state index in [0.717, 1.165) is 5.56 Å². The van der Waals surface area contributed by atoms with Crippen molar-refractivity contribution in [3.05, 3.63) is 71.3 Å². The molecule has 0 aliphatic carbocycles. The van der Waals surface area contributed by atoms with Crippen LogP contribution < -0.4 is 5.32 Å². The Balaban J connectivity index is 0.000000379. The van der Waals surface area contributed by atoms with Gasteiger partial charge in [-0.15, -0.1) is 0 Å². The number of carbonyl (C=O) groups excluding carboxylic acids is 1. The van der Waals surface area contributed by atoms with E-state index < -0.39 is 0 Å². The summed E-state index contributed by atoms with van der Waals surface area (Å²) >= 11 is 0. The van der Waals surface area contributed by atoms with Crippen molar-refractivity contribution < 1.29 is 4.79 Å². The van der Waals surface area contributed by atoms with Crippen LogP contribution in [0.5, 0.6) is 0 Å². The predicted molar refractivity (Wildman–Crippen MR) is 100 cm³/mol. The third-order valence-electron chi connectivity index (χ3n) is 2.87. The zero-order chi connectivity index (χ0) is 17.5. The minimum absolute atomic E-state index is 0.0962. The van der Waals surface area contributed by atoms with Crippen LogP contribution in [0.2, 0.25) is 0 Å². The van der Waals surface area contributed by atoms with Gasteiger partial charge in [-0.2, -0.15) is 0 Å². The highest BCUT2D eigenvalue weighted by molar-refractivity contribution is 5.75. The molecule has 1 amide bonds. The summed E-state index contributed by atoms with van der Waals surface area (Å²) in [7, 11) is 0. The number of hydrogen-bond donors (Lipinski definition) is 1.